The smallest absolute Gasteiger partial charge is 0.221 e. The predicted octanol–water partition coefficient (Wildman–Crippen LogP) is 3.59. The lowest BCUT2D eigenvalue weighted by molar-refractivity contribution is -0.121. The van der Waals surface area contributed by atoms with Crippen LogP contribution in [0.2, 0.25) is 0 Å². The molecule has 1 aromatic rings. The third kappa shape index (κ3) is 7.31. The number of hydrogen-bond acceptors (Lipinski definition) is 2. The summed E-state index contributed by atoms with van der Waals surface area (Å²) in [6, 6.07) is 10.9. The summed E-state index contributed by atoms with van der Waals surface area (Å²) >= 11 is 0. The van der Waals surface area contributed by atoms with Crippen molar-refractivity contribution in [3.63, 3.8) is 0 Å². The van der Waals surface area contributed by atoms with Crippen LogP contribution >= 0.6 is 24.0 Å². The fourth-order valence-corrected chi connectivity index (χ4v) is 3.25. The van der Waals surface area contributed by atoms with Gasteiger partial charge in [-0.15, -0.1) is 24.0 Å². The minimum absolute atomic E-state index is 0. The highest BCUT2D eigenvalue weighted by molar-refractivity contribution is 14.0. The van der Waals surface area contributed by atoms with Crippen molar-refractivity contribution in [1.82, 2.24) is 16.0 Å². The molecule has 5 nitrogen and oxygen atoms in total. The molecule has 152 valence electrons. The van der Waals surface area contributed by atoms with E-state index < -0.39 is 0 Å². The summed E-state index contributed by atoms with van der Waals surface area (Å²) < 4.78 is 0. The molecule has 1 aromatic carbocycles. The molecule has 0 bridgehead atoms. The van der Waals surface area contributed by atoms with Crippen LogP contribution in [0.5, 0.6) is 0 Å². The third-order valence-corrected chi connectivity index (χ3v) is 5.25. The Morgan fingerprint density at radius 3 is 2.44 bits per heavy atom. The first-order chi connectivity index (χ1) is 12.6. The lowest BCUT2D eigenvalue weighted by Crippen LogP contribution is -2.43. The zero-order valence-corrected chi connectivity index (χ0v) is 19.2. The van der Waals surface area contributed by atoms with Crippen LogP contribution in [-0.2, 0) is 10.2 Å². The van der Waals surface area contributed by atoms with Gasteiger partial charge >= 0.3 is 0 Å². The summed E-state index contributed by atoms with van der Waals surface area (Å²) in [5, 5.41) is 9.57. The summed E-state index contributed by atoms with van der Waals surface area (Å²) in [5.41, 5.74) is 1.57. The van der Waals surface area contributed by atoms with Crippen LogP contribution in [0.1, 0.15) is 58.4 Å². The van der Waals surface area contributed by atoms with E-state index in [1.807, 2.05) is 6.92 Å². The number of carbonyl (C=O) groups is 1. The Labute approximate surface area is 181 Å². The van der Waals surface area contributed by atoms with Crippen LogP contribution < -0.4 is 16.0 Å². The molecular weight excluding hydrogens is 451 g/mol. The molecular formula is C21H35IN4O. The molecule has 27 heavy (non-hydrogen) atoms. The van der Waals surface area contributed by atoms with Crippen LogP contribution in [-0.4, -0.2) is 37.5 Å². The lowest BCUT2D eigenvalue weighted by Gasteiger charge is -2.41. The van der Waals surface area contributed by atoms with Gasteiger partial charge in [0.15, 0.2) is 5.96 Å². The first kappa shape index (κ1) is 23.7. The number of guanidine groups is 1. The standard InChI is InChI=1S/C21H34N4O.HI/c1-4-17(3)25-19(26)12-15-23-20(22-5-2)24-16-21(13-9-14-21)18-10-7-6-8-11-18;/h6-8,10-11,17H,4-5,9,12-16H2,1-3H3,(H,25,26)(H2,22,23,24);1H. The number of nitrogens with zero attached hydrogens (tertiary/aromatic N) is 1. The van der Waals surface area contributed by atoms with Crippen molar-refractivity contribution in [3.8, 4) is 0 Å². The molecule has 1 amide bonds. The number of hydrogen-bond donors (Lipinski definition) is 3. The predicted molar refractivity (Wildman–Crippen MR) is 124 cm³/mol. The van der Waals surface area contributed by atoms with Crippen LogP contribution in [0, 0.1) is 0 Å². The molecule has 1 fully saturated rings. The highest BCUT2D eigenvalue weighted by Gasteiger charge is 2.38. The Kier molecular flexibility index (Phi) is 10.7. The molecule has 3 N–H and O–H groups in total. The van der Waals surface area contributed by atoms with Crippen molar-refractivity contribution in [2.45, 2.75) is 64.3 Å². The second kappa shape index (κ2) is 12.2. The topological polar surface area (TPSA) is 65.5 Å². The van der Waals surface area contributed by atoms with Gasteiger partial charge in [0.05, 0.1) is 6.54 Å². The van der Waals surface area contributed by atoms with Crippen LogP contribution in [0.15, 0.2) is 35.3 Å². The Balaban J connectivity index is 0.00000364. The monoisotopic (exact) mass is 486 g/mol. The Bertz CT molecular complexity index is 587. The summed E-state index contributed by atoms with van der Waals surface area (Å²) in [4.78, 5) is 16.7. The van der Waals surface area contributed by atoms with Crippen LogP contribution in [0.4, 0.5) is 0 Å². The number of rotatable bonds is 9. The molecule has 1 aliphatic carbocycles. The Morgan fingerprint density at radius 1 is 1.19 bits per heavy atom. The number of benzene rings is 1. The fourth-order valence-electron chi connectivity index (χ4n) is 3.25. The molecule has 6 heteroatoms. The van der Waals surface area contributed by atoms with Crippen molar-refractivity contribution in [2.24, 2.45) is 4.99 Å². The second-order valence-electron chi connectivity index (χ2n) is 7.25. The second-order valence-corrected chi connectivity index (χ2v) is 7.25. The average molecular weight is 486 g/mol. The van der Waals surface area contributed by atoms with Gasteiger partial charge in [0.25, 0.3) is 0 Å². The average Bonchev–Trinajstić information content (AvgIpc) is 2.61. The molecule has 0 saturated heterocycles. The van der Waals surface area contributed by atoms with Crippen LogP contribution in [0.3, 0.4) is 0 Å². The lowest BCUT2D eigenvalue weighted by atomic mass is 9.64. The maximum Gasteiger partial charge on any atom is 0.221 e. The number of aliphatic imine (C=N–C) groups is 1. The number of halogens is 1. The number of carbonyl (C=O) groups excluding carboxylic acids is 1. The quantitative estimate of drug-likeness (QED) is 0.284. The molecule has 0 radical (unpaired) electrons. The van der Waals surface area contributed by atoms with E-state index in [-0.39, 0.29) is 41.3 Å². The van der Waals surface area contributed by atoms with Gasteiger partial charge in [-0.2, -0.15) is 0 Å². The normalized spacial score (nSPS) is 16.5. The van der Waals surface area contributed by atoms with E-state index in [0.717, 1.165) is 25.5 Å². The molecule has 0 spiro atoms. The summed E-state index contributed by atoms with van der Waals surface area (Å²) in [6.07, 6.45) is 5.06. The first-order valence-electron chi connectivity index (χ1n) is 9.96. The van der Waals surface area contributed by atoms with Crippen molar-refractivity contribution < 1.29 is 4.79 Å². The highest BCUT2D eigenvalue weighted by Crippen LogP contribution is 2.43. The van der Waals surface area contributed by atoms with E-state index in [2.05, 4.69) is 60.1 Å². The van der Waals surface area contributed by atoms with Gasteiger partial charge in [-0.3, -0.25) is 9.79 Å². The molecule has 0 heterocycles. The maximum absolute atomic E-state index is 11.9. The molecule has 1 atom stereocenters. The van der Waals surface area contributed by atoms with E-state index in [1.165, 1.54) is 24.8 Å². The van der Waals surface area contributed by atoms with E-state index in [9.17, 15) is 4.79 Å². The summed E-state index contributed by atoms with van der Waals surface area (Å²) in [5.74, 6) is 0.883. The van der Waals surface area contributed by atoms with Gasteiger partial charge < -0.3 is 16.0 Å². The highest BCUT2D eigenvalue weighted by atomic mass is 127. The van der Waals surface area contributed by atoms with E-state index in [4.69, 9.17) is 4.99 Å². The molecule has 1 saturated carbocycles. The van der Waals surface area contributed by atoms with Crippen molar-refractivity contribution >= 4 is 35.8 Å². The number of amides is 1. The van der Waals surface area contributed by atoms with Gasteiger partial charge in [-0.25, -0.2) is 0 Å². The van der Waals surface area contributed by atoms with Crippen molar-refractivity contribution in [3.05, 3.63) is 35.9 Å². The van der Waals surface area contributed by atoms with E-state index in [1.54, 1.807) is 0 Å². The van der Waals surface area contributed by atoms with E-state index >= 15 is 0 Å². The van der Waals surface area contributed by atoms with Gasteiger partial charge in [0.1, 0.15) is 0 Å². The van der Waals surface area contributed by atoms with Gasteiger partial charge in [-0.1, -0.05) is 43.7 Å². The summed E-state index contributed by atoms with van der Waals surface area (Å²) in [6.45, 7) is 8.34. The Hall–Kier alpha value is -1.31. The van der Waals surface area contributed by atoms with E-state index in [0.29, 0.717) is 13.0 Å². The molecule has 1 aliphatic rings. The van der Waals surface area contributed by atoms with Crippen LogP contribution in [0.25, 0.3) is 0 Å². The molecule has 1 unspecified atom stereocenters. The van der Waals surface area contributed by atoms with Gasteiger partial charge in [0.2, 0.25) is 5.91 Å². The molecule has 0 aliphatic heterocycles. The van der Waals surface area contributed by atoms with Gasteiger partial charge in [0, 0.05) is 31.0 Å². The zero-order chi connectivity index (χ0) is 18.8. The first-order valence-corrected chi connectivity index (χ1v) is 9.96. The Morgan fingerprint density at radius 2 is 1.89 bits per heavy atom. The SMILES string of the molecule is CCNC(=NCC1(c2ccccc2)CCC1)NCCC(=O)NC(C)CC.I. The minimum atomic E-state index is 0. The third-order valence-electron chi connectivity index (χ3n) is 5.25. The number of nitrogens with one attached hydrogen (secondary N) is 3. The summed E-state index contributed by atoms with van der Waals surface area (Å²) in [7, 11) is 0. The molecule has 0 aromatic heterocycles. The maximum atomic E-state index is 11.9. The minimum Gasteiger partial charge on any atom is -0.357 e. The molecule has 2 rings (SSSR count). The zero-order valence-electron chi connectivity index (χ0n) is 16.9. The van der Waals surface area contributed by atoms with Crippen molar-refractivity contribution in [1.29, 1.82) is 0 Å². The van der Waals surface area contributed by atoms with Gasteiger partial charge in [-0.05, 0) is 38.7 Å². The fraction of sp³-hybridized carbons (Fsp3) is 0.619. The van der Waals surface area contributed by atoms with Crippen molar-refractivity contribution in [2.75, 3.05) is 19.6 Å². The largest absolute Gasteiger partial charge is 0.357 e.